The minimum atomic E-state index is -3.49. The summed E-state index contributed by atoms with van der Waals surface area (Å²) >= 11 is 5.85. The van der Waals surface area contributed by atoms with Crippen LogP contribution >= 0.6 is 11.6 Å². The van der Waals surface area contributed by atoms with Crippen molar-refractivity contribution in [1.82, 2.24) is 9.29 Å². The Kier molecular flexibility index (Phi) is 3.90. The molecule has 112 valence electrons. The molecule has 1 aromatic heterocycles. The second-order valence-electron chi connectivity index (χ2n) is 5.45. The molecule has 4 nitrogen and oxygen atoms in total. The first-order valence-corrected chi connectivity index (χ1v) is 8.92. The summed E-state index contributed by atoms with van der Waals surface area (Å²) in [6.45, 7) is 2.97. The van der Waals surface area contributed by atoms with Gasteiger partial charge in [0.05, 0.1) is 10.4 Å². The molecule has 2 heterocycles. The van der Waals surface area contributed by atoms with Gasteiger partial charge in [0, 0.05) is 30.6 Å². The zero-order valence-electron chi connectivity index (χ0n) is 11.8. The van der Waals surface area contributed by atoms with Crippen LogP contribution in [0.5, 0.6) is 0 Å². The maximum Gasteiger partial charge on any atom is 0.243 e. The second-order valence-corrected chi connectivity index (χ2v) is 7.67. The Morgan fingerprint density at radius 3 is 2.90 bits per heavy atom. The largest absolute Gasteiger partial charge is 0.256 e. The highest BCUT2D eigenvalue weighted by Gasteiger charge is 2.33. The van der Waals surface area contributed by atoms with E-state index in [1.165, 1.54) is 4.31 Å². The van der Waals surface area contributed by atoms with Crippen LogP contribution in [-0.2, 0) is 10.0 Å². The predicted octanol–water partition coefficient (Wildman–Crippen LogP) is 2.79. The van der Waals surface area contributed by atoms with E-state index >= 15 is 0 Å². The highest BCUT2D eigenvalue weighted by Crippen LogP contribution is 2.30. The third-order valence-electron chi connectivity index (χ3n) is 4.02. The Hall–Kier alpha value is -1.17. The van der Waals surface area contributed by atoms with Gasteiger partial charge in [-0.05, 0) is 43.0 Å². The normalized spacial score (nSPS) is 20.2. The molecule has 1 saturated heterocycles. The van der Waals surface area contributed by atoms with Gasteiger partial charge in [-0.1, -0.05) is 6.07 Å². The van der Waals surface area contributed by atoms with E-state index in [4.69, 9.17) is 11.6 Å². The van der Waals surface area contributed by atoms with Crippen molar-refractivity contribution >= 4 is 32.5 Å². The number of benzene rings is 1. The van der Waals surface area contributed by atoms with Crippen LogP contribution in [0.25, 0.3) is 10.9 Å². The fraction of sp³-hybridized carbons (Fsp3) is 0.400. The lowest BCUT2D eigenvalue weighted by Gasteiger charge is -2.18. The van der Waals surface area contributed by atoms with E-state index in [0.717, 1.165) is 17.5 Å². The third kappa shape index (κ3) is 2.54. The Morgan fingerprint density at radius 2 is 2.19 bits per heavy atom. The van der Waals surface area contributed by atoms with Crippen LogP contribution < -0.4 is 0 Å². The monoisotopic (exact) mass is 324 g/mol. The number of fused-ring (bicyclic) bond motifs is 1. The zero-order chi connectivity index (χ0) is 15.0. The van der Waals surface area contributed by atoms with E-state index in [-0.39, 0.29) is 5.92 Å². The molecule has 0 bridgehead atoms. The zero-order valence-corrected chi connectivity index (χ0v) is 13.4. The summed E-state index contributed by atoms with van der Waals surface area (Å²) < 4.78 is 27.3. The number of halogens is 1. The highest BCUT2D eigenvalue weighted by atomic mass is 35.5. The number of alkyl halides is 1. The van der Waals surface area contributed by atoms with E-state index in [1.54, 1.807) is 18.3 Å². The minimum Gasteiger partial charge on any atom is -0.256 e. The van der Waals surface area contributed by atoms with Crippen LogP contribution in [0.1, 0.15) is 12.0 Å². The van der Waals surface area contributed by atoms with Crippen molar-refractivity contribution in [3.8, 4) is 0 Å². The fourth-order valence-electron chi connectivity index (χ4n) is 2.79. The molecule has 0 radical (unpaired) electrons. The van der Waals surface area contributed by atoms with Crippen molar-refractivity contribution in [3.05, 3.63) is 36.0 Å². The lowest BCUT2D eigenvalue weighted by molar-refractivity contribution is 0.466. The molecule has 1 aromatic carbocycles. The maximum absolute atomic E-state index is 12.9. The molecule has 21 heavy (non-hydrogen) atoms. The van der Waals surface area contributed by atoms with Gasteiger partial charge >= 0.3 is 0 Å². The lowest BCUT2D eigenvalue weighted by atomic mass is 10.1. The first kappa shape index (κ1) is 14.8. The number of rotatable bonds is 3. The summed E-state index contributed by atoms with van der Waals surface area (Å²) in [6.07, 6.45) is 2.51. The first-order valence-electron chi connectivity index (χ1n) is 6.94. The molecule has 0 amide bonds. The Bertz CT molecular complexity index is 776. The molecule has 1 unspecified atom stereocenters. The molecular formula is C15H17ClN2O2S. The molecule has 0 saturated carbocycles. The van der Waals surface area contributed by atoms with Crippen LogP contribution in [0.2, 0.25) is 0 Å². The van der Waals surface area contributed by atoms with Crippen molar-refractivity contribution in [1.29, 1.82) is 0 Å². The fourth-order valence-corrected chi connectivity index (χ4v) is 4.76. The Balaban J connectivity index is 2.10. The Morgan fingerprint density at radius 1 is 1.38 bits per heavy atom. The highest BCUT2D eigenvalue weighted by molar-refractivity contribution is 7.89. The summed E-state index contributed by atoms with van der Waals surface area (Å²) in [7, 11) is -3.49. The SMILES string of the molecule is Cc1ccc(S(=O)(=O)N2CCC(CCl)C2)c2cccnc12. The number of hydrogen-bond acceptors (Lipinski definition) is 3. The average molecular weight is 325 g/mol. The minimum absolute atomic E-state index is 0.247. The molecule has 0 N–H and O–H groups in total. The maximum atomic E-state index is 12.9. The summed E-state index contributed by atoms with van der Waals surface area (Å²) in [5, 5.41) is 0.687. The van der Waals surface area contributed by atoms with Gasteiger partial charge in [-0.25, -0.2) is 8.42 Å². The van der Waals surface area contributed by atoms with Crippen LogP contribution in [0.15, 0.2) is 35.4 Å². The van der Waals surface area contributed by atoms with Crippen molar-refractivity contribution in [2.45, 2.75) is 18.2 Å². The summed E-state index contributed by atoms with van der Waals surface area (Å²) in [4.78, 5) is 4.65. The molecule has 1 aliphatic heterocycles. The molecular weight excluding hydrogens is 308 g/mol. The lowest BCUT2D eigenvalue weighted by Crippen LogP contribution is -2.29. The standard InChI is InChI=1S/C15H17ClN2O2S/c1-11-4-5-14(13-3-2-7-17-15(11)13)21(19,20)18-8-6-12(9-16)10-18/h2-5,7,12H,6,8-10H2,1H3. The third-order valence-corrected chi connectivity index (χ3v) is 6.38. The number of pyridine rings is 1. The van der Waals surface area contributed by atoms with Gasteiger partial charge in [0.2, 0.25) is 10.0 Å². The molecule has 2 aromatic rings. The van der Waals surface area contributed by atoms with Crippen molar-refractivity contribution in [2.75, 3.05) is 19.0 Å². The van der Waals surface area contributed by atoms with Crippen LogP contribution in [0, 0.1) is 12.8 Å². The second kappa shape index (κ2) is 5.55. The number of sulfonamides is 1. The van der Waals surface area contributed by atoms with E-state index in [2.05, 4.69) is 4.98 Å². The number of nitrogens with zero attached hydrogens (tertiary/aromatic N) is 2. The van der Waals surface area contributed by atoms with E-state index in [9.17, 15) is 8.42 Å². The van der Waals surface area contributed by atoms with Gasteiger partial charge in [0.25, 0.3) is 0 Å². The van der Waals surface area contributed by atoms with Gasteiger partial charge < -0.3 is 0 Å². The molecule has 1 atom stereocenters. The van der Waals surface area contributed by atoms with Crippen molar-refractivity contribution in [2.24, 2.45) is 5.92 Å². The van der Waals surface area contributed by atoms with Crippen molar-refractivity contribution < 1.29 is 8.42 Å². The van der Waals surface area contributed by atoms with Crippen molar-refractivity contribution in [3.63, 3.8) is 0 Å². The molecule has 1 aliphatic rings. The topological polar surface area (TPSA) is 50.3 Å². The molecule has 6 heteroatoms. The van der Waals surface area contributed by atoms with Gasteiger partial charge in [-0.15, -0.1) is 11.6 Å². The Labute approximate surface area is 129 Å². The van der Waals surface area contributed by atoms with Gasteiger partial charge in [-0.3, -0.25) is 4.98 Å². The van der Waals surface area contributed by atoms with Crippen LogP contribution in [-0.4, -0.2) is 36.7 Å². The molecule has 0 spiro atoms. The summed E-state index contributed by atoms with van der Waals surface area (Å²) in [6, 6.07) is 7.09. The quantitative estimate of drug-likeness (QED) is 0.816. The predicted molar refractivity (Wildman–Crippen MR) is 84.1 cm³/mol. The van der Waals surface area contributed by atoms with Gasteiger partial charge in [0.15, 0.2) is 0 Å². The number of aromatic nitrogens is 1. The van der Waals surface area contributed by atoms with E-state index in [1.807, 2.05) is 19.1 Å². The van der Waals surface area contributed by atoms with Gasteiger partial charge in [-0.2, -0.15) is 4.31 Å². The van der Waals surface area contributed by atoms with E-state index < -0.39 is 10.0 Å². The first-order chi connectivity index (χ1) is 10.0. The summed E-state index contributed by atoms with van der Waals surface area (Å²) in [5.41, 5.74) is 1.72. The van der Waals surface area contributed by atoms with Gasteiger partial charge in [0.1, 0.15) is 0 Å². The molecule has 3 rings (SSSR count). The number of aryl methyl sites for hydroxylation is 1. The average Bonchev–Trinajstić information content (AvgIpc) is 2.97. The van der Waals surface area contributed by atoms with E-state index in [0.29, 0.717) is 29.3 Å². The van der Waals surface area contributed by atoms with Crippen LogP contribution in [0.3, 0.4) is 0 Å². The summed E-state index contributed by atoms with van der Waals surface area (Å²) in [5.74, 6) is 0.749. The molecule has 0 aliphatic carbocycles. The smallest absolute Gasteiger partial charge is 0.243 e. The molecule has 1 fully saturated rings. The van der Waals surface area contributed by atoms with Crippen LogP contribution in [0.4, 0.5) is 0 Å². The number of hydrogen-bond donors (Lipinski definition) is 0.